The molecule has 82 valence electrons. The highest BCUT2D eigenvalue weighted by molar-refractivity contribution is 5.24. The molecule has 1 unspecified atom stereocenters. The molecule has 1 fully saturated rings. The minimum atomic E-state index is 0.102. The summed E-state index contributed by atoms with van der Waals surface area (Å²) in [4.78, 5) is 0. The van der Waals surface area contributed by atoms with Gasteiger partial charge in [0.1, 0.15) is 6.10 Å². The van der Waals surface area contributed by atoms with Crippen LogP contribution in [0.5, 0.6) is 0 Å². The molecule has 0 amide bonds. The third-order valence-electron chi connectivity index (χ3n) is 2.60. The molecular formula is C12H17NO2. The molecule has 2 N–H and O–H groups in total. The second-order valence-electron chi connectivity index (χ2n) is 3.71. The molecule has 0 spiro atoms. The van der Waals surface area contributed by atoms with E-state index in [2.05, 4.69) is 24.3 Å². The van der Waals surface area contributed by atoms with E-state index in [9.17, 15) is 0 Å². The third-order valence-corrected chi connectivity index (χ3v) is 2.60. The van der Waals surface area contributed by atoms with Crippen molar-refractivity contribution in [2.75, 3.05) is 26.4 Å². The first kappa shape index (κ1) is 10.6. The Morgan fingerprint density at radius 1 is 1.20 bits per heavy atom. The van der Waals surface area contributed by atoms with Crippen molar-refractivity contribution in [1.29, 1.82) is 0 Å². The van der Waals surface area contributed by atoms with E-state index in [1.54, 1.807) is 0 Å². The van der Waals surface area contributed by atoms with Crippen molar-refractivity contribution in [2.24, 2.45) is 5.73 Å². The van der Waals surface area contributed by atoms with Gasteiger partial charge in [-0.1, -0.05) is 24.3 Å². The predicted octanol–water partition coefficient (Wildman–Crippen LogP) is 1.28. The molecule has 2 rings (SSSR count). The standard InChI is InChI=1S/C12H17NO2/c13-6-5-10-1-3-11(4-2-10)12-9-14-7-8-15-12/h1-4,12H,5-9,13H2. The van der Waals surface area contributed by atoms with Crippen molar-refractivity contribution in [3.63, 3.8) is 0 Å². The van der Waals surface area contributed by atoms with Gasteiger partial charge in [0.2, 0.25) is 0 Å². The summed E-state index contributed by atoms with van der Waals surface area (Å²) in [6.07, 6.45) is 1.04. The Hall–Kier alpha value is -0.900. The molecule has 1 aromatic carbocycles. The van der Waals surface area contributed by atoms with Gasteiger partial charge in [-0.05, 0) is 24.1 Å². The van der Waals surface area contributed by atoms with Gasteiger partial charge in [0.25, 0.3) is 0 Å². The van der Waals surface area contributed by atoms with Gasteiger partial charge in [0.15, 0.2) is 0 Å². The molecule has 1 aliphatic heterocycles. The molecule has 0 aromatic heterocycles. The van der Waals surface area contributed by atoms with Gasteiger partial charge >= 0.3 is 0 Å². The van der Waals surface area contributed by atoms with E-state index in [1.165, 1.54) is 11.1 Å². The highest BCUT2D eigenvalue weighted by Gasteiger charge is 2.15. The summed E-state index contributed by atoms with van der Waals surface area (Å²) in [6.45, 7) is 2.76. The van der Waals surface area contributed by atoms with Crippen molar-refractivity contribution in [1.82, 2.24) is 0 Å². The Balaban J connectivity index is 2.02. The van der Waals surface area contributed by atoms with Gasteiger partial charge in [-0.2, -0.15) is 0 Å². The lowest BCUT2D eigenvalue weighted by Crippen LogP contribution is -2.21. The number of rotatable bonds is 3. The SMILES string of the molecule is NCCc1ccc(C2COCCO2)cc1. The van der Waals surface area contributed by atoms with E-state index in [0.29, 0.717) is 26.4 Å². The maximum atomic E-state index is 5.61. The Morgan fingerprint density at radius 3 is 2.60 bits per heavy atom. The maximum Gasteiger partial charge on any atom is 0.106 e. The van der Waals surface area contributed by atoms with Gasteiger partial charge in [0, 0.05) is 0 Å². The van der Waals surface area contributed by atoms with Crippen molar-refractivity contribution in [3.05, 3.63) is 35.4 Å². The highest BCUT2D eigenvalue weighted by Crippen LogP contribution is 2.20. The summed E-state index contributed by atoms with van der Waals surface area (Å²) in [5.41, 5.74) is 7.96. The van der Waals surface area contributed by atoms with Gasteiger partial charge < -0.3 is 15.2 Å². The first-order chi connectivity index (χ1) is 7.40. The van der Waals surface area contributed by atoms with Crippen molar-refractivity contribution in [3.8, 4) is 0 Å². The van der Waals surface area contributed by atoms with Crippen LogP contribution in [0.3, 0.4) is 0 Å². The minimum absolute atomic E-state index is 0.102. The topological polar surface area (TPSA) is 44.5 Å². The first-order valence-corrected chi connectivity index (χ1v) is 5.38. The quantitative estimate of drug-likeness (QED) is 0.812. The van der Waals surface area contributed by atoms with Crippen LogP contribution in [-0.2, 0) is 15.9 Å². The zero-order chi connectivity index (χ0) is 10.5. The summed E-state index contributed by atoms with van der Waals surface area (Å²) in [6, 6.07) is 8.43. The number of hydrogen-bond acceptors (Lipinski definition) is 3. The molecule has 1 aliphatic rings. The molecule has 0 aliphatic carbocycles. The van der Waals surface area contributed by atoms with E-state index in [1.807, 2.05) is 0 Å². The second kappa shape index (κ2) is 5.26. The van der Waals surface area contributed by atoms with Crippen LogP contribution in [0.4, 0.5) is 0 Å². The van der Waals surface area contributed by atoms with Crippen LogP contribution in [0, 0.1) is 0 Å². The predicted molar refractivity (Wildman–Crippen MR) is 58.7 cm³/mol. The van der Waals surface area contributed by atoms with Gasteiger partial charge in [-0.25, -0.2) is 0 Å². The number of benzene rings is 1. The van der Waals surface area contributed by atoms with Crippen LogP contribution in [0.2, 0.25) is 0 Å². The van der Waals surface area contributed by atoms with E-state index >= 15 is 0 Å². The smallest absolute Gasteiger partial charge is 0.106 e. The van der Waals surface area contributed by atoms with Crippen LogP contribution >= 0.6 is 0 Å². The lowest BCUT2D eigenvalue weighted by molar-refractivity contribution is -0.0901. The average molecular weight is 207 g/mol. The molecule has 1 atom stereocenters. The summed E-state index contributed by atoms with van der Waals surface area (Å²) in [5.74, 6) is 0. The second-order valence-corrected chi connectivity index (χ2v) is 3.71. The van der Waals surface area contributed by atoms with E-state index in [4.69, 9.17) is 15.2 Å². The summed E-state index contributed by atoms with van der Waals surface area (Å²) in [7, 11) is 0. The van der Waals surface area contributed by atoms with E-state index in [0.717, 1.165) is 6.42 Å². The average Bonchev–Trinajstić information content (AvgIpc) is 2.32. The molecule has 1 aromatic rings. The Labute approximate surface area is 90.2 Å². The highest BCUT2D eigenvalue weighted by atomic mass is 16.6. The fraction of sp³-hybridized carbons (Fsp3) is 0.500. The normalized spacial score (nSPS) is 21.5. The zero-order valence-corrected chi connectivity index (χ0v) is 8.82. The Bertz CT molecular complexity index is 291. The molecule has 3 nitrogen and oxygen atoms in total. The molecular weight excluding hydrogens is 190 g/mol. The molecule has 1 saturated heterocycles. The Kier molecular flexibility index (Phi) is 3.72. The fourth-order valence-corrected chi connectivity index (χ4v) is 1.75. The van der Waals surface area contributed by atoms with Crippen LogP contribution in [0.1, 0.15) is 17.2 Å². The lowest BCUT2D eigenvalue weighted by Gasteiger charge is -2.23. The molecule has 1 heterocycles. The first-order valence-electron chi connectivity index (χ1n) is 5.38. The van der Waals surface area contributed by atoms with Crippen molar-refractivity contribution in [2.45, 2.75) is 12.5 Å². The van der Waals surface area contributed by atoms with Crippen molar-refractivity contribution < 1.29 is 9.47 Å². The maximum absolute atomic E-state index is 5.61. The van der Waals surface area contributed by atoms with Crippen molar-refractivity contribution >= 4 is 0 Å². The van der Waals surface area contributed by atoms with Crippen LogP contribution in [0.15, 0.2) is 24.3 Å². The van der Waals surface area contributed by atoms with Crippen LogP contribution < -0.4 is 5.73 Å². The summed E-state index contributed by atoms with van der Waals surface area (Å²) >= 11 is 0. The fourth-order valence-electron chi connectivity index (χ4n) is 1.75. The molecule has 15 heavy (non-hydrogen) atoms. The molecule has 3 heteroatoms. The summed E-state index contributed by atoms with van der Waals surface area (Å²) in [5, 5.41) is 0. The number of nitrogens with two attached hydrogens (primary N) is 1. The monoisotopic (exact) mass is 207 g/mol. The third kappa shape index (κ3) is 2.78. The molecule has 0 radical (unpaired) electrons. The Morgan fingerprint density at radius 2 is 2.00 bits per heavy atom. The van der Waals surface area contributed by atoms with E-state index < -0.39 is 0 Å². The summed E-state index contributed by atoms with van der Waals surface area (Å²) < 4.78 is 11.0. The van der Waals surface area contributed by atoms with Crippen LogP contribution in [0.25, 0.3) is 0 Å². The largest absolute Gasteiger partial charge is 0.376 e. The minimum Gasteiger partial charge on any atom is -0.376 e. The van der Waals surface area contributed by atoms with Gasteiger partial charge in [0.05, 0.1) is 19.8 Å². The van der Waals surface area contributed by atoms with E-state index in [-0.39, 0.29) is 6.10 Å². The molecule has 0 saturated carbocycles. The zero-order valence-electron chi connectivity index (χ0n) is 8.82. The number of hydrogen-bond donors (Lipinski definition) is 1. The van der Waals surface area contributed by atoms with Crippen LogP contribution in [-0.4, -0.2) is 26.4 Å². The van der Waals surface area contributed by atoms with Gasteiger partial charge in [-0.15, -0.1) is 0 Å². The number of ether oxygens (including phenoxy) is 2. The lowest BCUT2D eigenvalue weighted by atomic mass is 10.1. The molecule has 0 bridgehead atoms. The van der Waals surface area contributed by atoms with Gasteiger partial charge in [-0.3, -0.25) is 0 Å².